The molecule has 0 heterocycles. The predicted molar refractivity (Wildman–Crippen MR) is 13.9 cm³/mol. The molecule has 0 aromatic carbocycles. The maximum absolute atomic E-state index is 10.5. The van der Waals surface area contributed by atoms with Gasteiger partial charge < -0.3 is 0 Å². The molecule has 1 N–H and O–H groups in total. The van der Waals surface area contributed by atoms with Crippen molar-refractivity contribution >= 4 is 7.32 Å². The summed E-state index contributed by atoms with van der Waals surface area (Å²) in [6.45, 7) is 0. The van der Waals surface area contributed by atoms with Gasteiger partial charge in [0.15, 0.2) is 0 Å². The van der Waals surface area contributed by atoms with Crippen molar-refractivity contribution in [3.8, 4) is 0 Å². The molecule has 0 amide bonds. The van der Waals surface area contributed by atoms with Crippen LogP contribution >= 0.6 is 0 Å². The predicted octanol–water partition coefficient (Wildman–Crippen LogP) is 0.263. The van der Waals surface area contributed by atoms with Crippen LogP contribution in [0.4, 0.5) is 9.05 Å². The molecule has 0 radical (unpaired) electrons. The van der Waals surface area contributed by atoms with Crippen molar-refractivity contribution in [3.63, 3.8) is 0 Å². The molecule has 0 aliphatic carbocycles. The van der Waals surface area contributed by atoms with Gasteiger partial charge in [0, 0.05) is 0 Å². The lowest BCUT2D eigenvalue weighted by Crippen LogP contribution is -2.17. The van der Waals surface area contributed by atoms with Crippen molar-refractivity contribution in [2.45, 2.75) is 0 Å². The average Bonchev–Trinajstić information content (AvgIpc) is 1.72. The Morgan fingerprint density at radius 3 is 1.71 bits per heavy atom. The molecule has 0 bridgehead atoms. The van der Waals surface area contributed by atoms with Gasteiger partial charge in [-0.1, -0.05) is 9.05 Å². The van der Waals surface area contributed by atoms with E-state index in [4.69, 9.17) is 5.26 Å². The van der Waals surface area contributed by atoms with E-state index >= 15 is 0 Å². The van der Waals surface area contributed by atoms with Crippen LogP contribution in [0.5, 0.6) is 0 Å². The largest absolute Gasteiger partial charge is 0.733 e. The zero-order chi connectivity index (χ0) is 5.70. The summed E-state index contributed by atoms with van der Waals surface area (Å²) in [6, 6.07) is 0. The quantitative estimate of drug-likeness (QED) is 0.324. The van der Waals surface area contributed by atoms with Crippen molar-refractivity contribution in [2.75, 3.05) is 0 Å². The van der Waals surface area contributed by atoms with E-state index in [-0.39, 0.29) is 0 Å². The van der Waals surface area contributed by atoms with E-state index < -0.39 is 7.32 Å². The van der Waals surface area contributed by atoms with Crippen molar-refractivity contribution in [2.24, 2.45) is 0 Å². The lowest BCUT2D eigenvalue weighted by Gasteiger charge is -1.90. The fourth-order valence-electron chi connectivity index (χ4n) is 0.0463. The molecule has 0 atom stereocenters. The normalized spacial score (nSPS) is 9.00. The monoisotopic (exact) mass is 114 g/mol. The van der Waals surface area contributed by atoms with Gasteiger partial charge >= 0.3 is 7.32 Å². The maximum Gasteiger partial charge on any atom is 0.733 e. The first-order valence-electron chi connectivity index (χ1n) is 1.20. The third-order valence-corrected chi connectivity index (χ3v) is 0.232. The third-order valence-electron chi connectivity index (χ3n) is 0.232. The average molecular weight is 114 g/mol. The van der Waals surface area contributed by atoms with E-state index in [2.05, 4.69) is 14.5 Å². The minimum absolute atomic E-state index is 2.29. The summed E-state index contributed by atoms with van der Waals surface area (Å²) in [5, 5.41) is 7.30. The van der Waals surface area contributed by atoms with Crippen LogP contribution in [0.1, 0.15) is 0 Å². The molecule has 0 fully saturated rings. The molecule has 0 aliphatic heterocycles. The Bertz CT molecular complexity index is 31.2. The summed E-state index contributed by atoms with van der Waals surface area (Å²) in [5.41, 5.74) is 0. The highest BCUT2D eigenvalue weighted by Crippen LogP contribution is 1.88. The van der Waals surface area contributed by atoms with Gasteiger partial charge in [0.25, 0.3) is 0 Å². The molecule has 0 spiro atoms. The molecule has 42 valence electrons. The van der Waals surface area contributed by atoms with Crippen LogP contribution in [0.25, 0.3) is 0 Å². The molecular formula is HBF2O4. The van der Waals surface area contributed by atoms with Crippen molar-refractivity contribution in [3.05, 3.63) is 0 Å². The zero-order valence-corrected chi connectivity index (χ0v) is 3.01. The van der Waals surface area contributed by atoms with Gasteiger partial charge in [-0.3, -0.25) is 5.26 Å². The van der Waals surface area contributed by atoms with E-state index in [0.717, 1.165) is 0 Å². The van der Waals surface area contributed by atoms with Crippen molar-refractivity contribution in [1.29, 1.82) is 0 Å². The Morgan fingerprint density at radius 1 is 1.29 bits per heavy atom. The SMILES string of the molecule is OOB(OF)OF. The molecule has 0 aromatic rings. The number of hydrogen-bond acceptors (Lipinski definition) is 4. The Morgan fingerprint density at radius 2 is 1.71 bits per heavy atom. The highest BCUT2D eigenvalue weighted by Gasteiger charge is 2.23. The molecule has 7 heavy (non-hydrogen) atoms. The molecule has 0 aromatic heterocycles. The number of rotatable bonds is 3. The van der Waals surface area contributed by atoms with Crippen LogP contribution in [0.2, 0.25) is 0 Å². The van der Waals surface area contributed by atoms with Gasteiger partial charge in [0.2, 0.25) is 0 Å². The van der Waals surface area contributed by atoms with Gasteiger partial charge in [0.05, 0.1) is 0 Å². The minimum atomic E-state index is -2.29. The molecule has 0 rings (SSSR count). The summed E-state index contributed by atoms with van der Waals surface area (Å²) < 4.78 is 21.0. The summed E-state index contributed by atoms with van der Waals surface area (Å²) in [6.07, 6.45) is 0. The molecule has 0 unspecified atom stereocenters. The Labute approximate surface area is 37.5 Å². The molecule has 7 heteroatoms. The minimum Gasteiger partial charge on any atom is -0.262 e. The first-order chi connectivity index (χ1) is 3.35. The summed E-state index contributed by atoms with van der Waals surface area (Å²) in [4.78, 5) is 7.81. The first kappa shape index (κ1) is 6.76. The first-order valence-corrected chi connectivity index (χ1v) is 1.20. The highest BCUT2D eigenvalue weighted by molar-refractivity contribution is 6.35. The smallest absolute Gasteiger partial charge is 0.262 e. The van der Waals surface area contributed by atoms with E-state index in [1.165, 1.54) is 0 Å². The standard InChI is InChI=1S/BF2HO4/c2-5-1(6-3)7-4/h4H. The highest BCUT2D eigenvalue weighted by atomic mass is 19.3. The number of hydrogen-bond donors (Lipinski definition) is 1. The summed E-state index contributed by atoms with van der Waals surface area (Å²) in [5.74, 6) is 0. The lowest BCUT2D eigenvalue weighted by molar-refractivity contribution is -0.241. The van der Waals surface area contributed by atoms with Crippen LogP contribution in [-0.4, -0.2) is 12.6 Å². The molecule has 4 nitrogen and oxygen atoms in total. The number of halogens is 2. The van der Waals surface area contributed by atoms with Gasteiger partial charge in [-0.15, -0.1) is 0 Å². The lowest BCUT2D eigenvalue weighted by atomic mass is 10.3. The second kappa shape index (κ2) is 3.94. The van der Waals surface area contributed by atoms with E-state index in [1.54, 1.807) is 0 Å². The summed E-state index contributed by atoms with van der Waals surface area (Å²) >= 11 is 0. The second-order valence-corrected chi connectivity index (χ2v) is 0.572. The molecule has 0 saturated heterocycles. The van der Waals surface area contributed by atoms with Gasteiger partial charge in [-0.05, 0) is 0 Å². The fraction of sp³-hybridized carbons (Fsp3) is 0. The van der Waals surface area contributed by atoms with Crippen LogP contribution in [0, 0.1) is 0 Å². The van der Waals surface area contributed by atoms with Gasteiger partial charge in [-0.2, -0.15) is 9.72 Å². The molecular weight excluding hydrogens is 113 g/mol. The van der Waals surface area contributed by atoms with E-state index in [1.807, 2.05) is 0 Å². The van der Waals surface area contributed by atoms with E-state index in [0.29, 0.717) is 0 Å². The van der Waals surface area contributed by atoms with Crippen LogP contribution in [0.15, 0.2) is 0 Å². The van der Waals surface area contributed by atoms with Crippen LogP contribution < -0.4 is 0 Å². The van der Waals surface area contributed by atoms with Gasteiger partial charge in [-0.25, -0.2) is 4.81 Å². The molecule has 0 aliphatic rings. The Hall–Kier alpha value is -0.235. The Kier molecular flexibility index (Phi) is 3.81. The van der Waals surface area contributed by atoms with Crippen molar-refractivity contribution < 1.29 is 28.8 Å². The zero-order valence-electron chi connectivity index (χ0n) is 3.01. The topological polar surface area (TPSA) is 47.9 Å². The third kappa shape index (κ3) is 2.46. The fourth-order valence-corrected chi connectivity index (χ4v) is 0.0463. The second-order valence-electron chi connectivity index (χ2n) is 0.572. The Balaban J connectivity index is 2.99. The van der Waals surface area contributed by atoms with Gasteiger partial charge in [0.1, 0.15) is 0 Å². The molecule has 0 saturated carbocycles. The maximum atomic E-state index is 10.5. The van der Waals surface area contributed by atoms with Crippen LogP contribution in [-0.2, 0) is 14.5 Å². The van der Waals surface area contributed by atoms with E-state index in [9.17, 15) is 9.05 Å². The van der Waals surface area contributed by atoms with Crippen LogP contribution in [0.3, 0.4) is 0 Å². The summed E-state index contributed by atoms with van der Waals surface area (Å²) in [7, 11) is -2.29. The van der Waals surface area contributed by atoms with Crippen molar-refractivity contribution in [1.82, 2.24) is 0 Å².